The lowest BCUT2D eigenvalue weighted by Gasteiger charge is -1.98. The van der Waals surface area contributed by atoms with Crippen LogP contribution in [0.3, 0.4) is 0 Å². The minimum absolute atomic E-state index is 0.323. The number of fused-ring (bicyclic) bond motifs is 1. The van der Waals surface area contributed by atoms with Crippen LogP contribution in [-0.4, -0.2) is 21.7 Å². The highest BCUT2D eigenvalue weighted by atomic mass is 19.1. The molecule has 0 spiro atoms. The van der Waals surface area contributed by atoms with E-state index in [0.29, 0.717) is 29.8 Å². The Hall–Kier alpha value is -1.62. The van der Waals surface area contributed by atoms with Crippen molar-refractivity contribution in [2.75, 3.05) is 6.54 Å². The monoisotopic (exact) mass is 192 g/mol. The summed E-state index contributed by atoms with van der Waals surface area (Å²) < 4.78 is 12.8. The molecule has 4 nitrogen and oxygen atoms in total. The molecular weight excluding hydrogens is 183 g/mol. The smallest absolute Gasteiger partial charge is 0.152 e. The molecule has 0 atom stereocenters. The molecule has 0 bridgehead atoms. The predicted molar refractivity (Wildman–Crippen MR) is 50.0 cm³/mol. The van der Waals surface area contributed by atoms with Crippen molar-refractivity contribution < 1.29 is 4.39 Å². The van der Waals surface area contributed by atoms with Crippen LogP contribution in [0.2, 0.25) is 0 Å². The van der Waals surface area contributed by atoms with Crippen molar-refractivity contribution in [2.45, 2.75) is 6.42 Å². The maximum Gasteiger partial charge on any atom is 0.152 e. The van der Waals surface area contributed by atoms with Crippen LogP contribution in [0.15, 0.2) is 18.2 Å². The van der Waals surface area contributed by atoms with Gasteiger partial charge in [0.1, 0.15) is 11.3 Å². The number of aromatic nitrogens is 3. The van der Waals surface area contributed by atoms with E-state index in [9.17, 15) is 4.39 Å². The van der Waals surface area contributed by atoms with Gasteiger partial charge in [-0.05, 0) is 18.7 Å². The summed E-state index contributed by atoms with van der Waals surface area (Å²) in [5, 5.41) is 7.77. The Morgan fingerprint density at radius 3 is 2.86 bits per heavy atom. The number of hydrogen-bond acceptors (Lipinski definition) is 4. The molecule has 1 heterocycles. The van der Waals surface area contributed by atoms with E-state index in [0.717, 1.165) is 0 Å². The Balaban J connectivity index is 2.52. The van der Waals surface area contributed by atoms with Crippen LogP contribution >= 0.6 is 0 Å². The van der Waals surface area contributed by atoms with Crippen molar-refractivity contribution in [2.24, 2.45) is 5.73 Å². The number of benzene rings is 1. The fraction of sp³-hybridized carbons (Fsp3) is 0.222. The second-order valence-corrected chi connectivity index (χ2v) is 2.90. The van der Waals surface area contributed by atoms with Gasteiger partial charge in [0.15, 0.2) is 5.82 Å². The third-order valence-electron chi connectivity index (χ3n) is 1.83. The molecule has 5 heteroatoms. The Labute approximate surface area is 80.0 Å². The molecule has 14 heavy (non-hydrogen) atoms. The summed E-state index contributed by atoms with van der Waals surface area (Å²) in [6.45, 7) is 0.461. The van der Waals surface area contributed by atoms with Crippen molar-refractivity contribution in [3.8, 4) is 0 Å². The quantitative estimate of drug-likeness (QED) is 0.759. The van der Waals surface area contributed by atoms with E-state index >= 15 is 0 Å². The highest BCUT2D eigenvalue weighted by Gasteiger charge is 2.01. The zero-order valence-corrected chi connectivity index (χ0v) is 7.44. The first kappa shape index (κ1) is 8.96. The largest absolute Gasteiger partial charge is 0.330 e. The zero-order chi connectivity index (χ0) is 9.97. The van der Waals surface area contributed by atoms with Gasteiger partial charge >= 0.3 is 0 Å². The summed E-state index contributed by atoms with van der Waals surface area (Å²) in [5.74, 6) is 0.224. The van der Waals surface area contributed by atoms with E-state index in [1.54, 1.807) is 6.07 Å². The molecule has 1 aromatic carbocycles. The molecule has 1 aromatic heterocycles. The summed E-state index contributed by atoms with van der Waals surface area (Å²) in [5.41, 5.74) is 6.46. The SMILES string of the molecule is NCCc1nnc2ccc(F)cc2n1. The van der Waals surface area contributed by atoms with E-state index in [1.165, 1.54) is 12.1 Å². The molecule has 0 radical (unpaired) electrons. The molecule has 0 aliphatic carbocycles. The van der Waals surface area contributed by atoms with Crippen LogP contribution in [0.5, 0.6) is 0 Å². The Bertz CT molecular complexity index is 458. The molecule has 0 aliphatic rings. The number of nitrogens with zero attached hydrogens (tertiary/aromatic N) is 3. The Morgan fingerprint density at radius 2 is 2.07 bits per heavy atom. The first-order valence-corrected chi connectivity index (χ1v) is 4.28. The third kappa shape index (κ3) is 1.67. The van der Waals surface area contributed by atoms with Gasteiger partial charge in [-0.3, -0.25) is 0 Å². The minimum Gasteiger partial charge on any atom is -0.330 e. The van der Waals surface area contributed by atoms with Gasteiger partial charge in [-0.1, -0.05) is 0 Å². The predicted octanol–water partition coefficient (Wildman–Crippen LogP) is 0.665. The number of hydrogen-bond donors (Lipinski definition) is 1. The lowest BCUT2D eigenvalue weighted by Crippen LogP contribution is -2.07. The van der Waals surface area contributed by atoms with Crippen LogP contribution in [0.25, 0.3) is 11.0 Å². The third-order valence-corrected chi connectivity index (χ3v) is 1.83. The average Bonchev–Trinajstić information content (AvgIpc) is 2.17. The normalized spacial score (nSPS) is 10.7. The van der Waals surface area contributed by atoms with Crippen molar-refractivity contribution in [1.82, 2.24) is 15.2 Å². The van der Waals surface area contributed by atoms with E-state index in [-0.39, 0.29) is 5.82 Å². The van der Waals surface area contributed by atoms with E-state index in [1.807, 2.05) is 0 Å². The lowest BCUT2D eigenvalue weighted by molar-refractivity contribution is 0.629. The van der Waals surface area contributed by atoms with Gasteiger partial charge in [-0.25, -0.2) is 9.37 Å². The number of halogens is 1. The topological polar surface area (TPSA) is 64.7 Å². The molecule has 2 N–H and O–H groups in total. The van der Waals surface area contributed by atoms with E-state index < -0.39 is 0 Å². The van der Waals surface area contributed by atoms with Gasteiger partial charge in [-0.15, -0.1) is 10.2 Å². The molecule has 0 unspecified atom stereocenters. The molecule has 2 aromatic rings. The first-order valence-electron chi connectivity index (χ1n) is 4.28. The molecule has 0 saturated heterocycles. The van der Waals surface area contributed by atoms with Crippen LogP contribution in [0.1, 0.15) is 5.82 Å². The fourth-order valence-electron chi connectivity index (χ4n) is 1.18. The van der Waals surface area contributed by atoms with Gasteiger partial charge in [0.05, 0.1) is 5.52 Å². The van der Waals surface area contributed by atoms with Crippen LogP contribution < -0.4 is 5.73 Å². The summed E-state index contributed by atoms with van der Waals surface area (Å²) in [4.78, 5) is 4.13. The van der Waals surface area contributed by atoms with Crippen molar-refractivity contribution in [3.63, 3.8) is 0 Å². The molecule has 0 saturated carbocycles. The van der Waals surface area contributed by atoms with Gasteiger partial charge in [0.25, 0.3) is 0 Å². The van der Waals surface area contributed by atoms with Gasteiger partial charge < -0.3 is 5.73 Å². The first-order chi connectivity index (χ1) is 6.79. The number of rotatable bonds is 2. The molecule has 2 rings (SSSR count). The molecule has 0 aliphatic heterocycles. The standard InChI is InChI=1S/C9H9FN4/c10-6-1-2-7-8(5-6)12-9(3-4-11)14-13-7/h1-2,5H,3-4,11H2. The average molecular weight is 192 g/mol. The minimum atomic E-state index is -0.323. The summed E-state index contributed by atoms with van der Waals surface area (Å²) >= 11 is 0. The fourth-order valence-corrected chi connectivity index (χ4v) is 1.18. The second kappa shape index (κ2) is 3.63. The van der Waals surface area contributed by atoms with Crippen molar-refractivity contribution in [1.29, 1.82) is 0 Å². The van der Waals surface area contributed by atoms with Gasteiger partial charge in [0, 0.05) is 12.5 Å². The maximum atomic E-state index is 12.8. The van der Waals surface area contributed by atoms with Gasteiger partial charge in [-0.2, -0.15) is 0 Å². The van der Waals surface area contributed by atoms with Crippen molar-refractivity contribution >= 4 is 11.0 Å². The Kier molecular flexibility index (Phi) is 2.32. The lowest BCUT2D eigenvalue weighted by atomic mass is 10.3. The van der Waals surface area contributed by atoms with Crippen LogP contribution in [-0.2, 0) is 6.42 Å². The number of nitrogens with two attached hydrogens (primary N) is 1. The van der Waals surface area contributed by atoms with Gasteiger partial charge in [0.2, 0.25) is 0 Å². The Morgan fingerprint density at radius 1 is 1.21 bits per heavy atom. The second-order valence-electron chi connectivity index (χ2n) is 2.90. The highest BCUT2D eigenvalue weighted by molar-refractivity contribution is 5.73. The zero-order valence-electron chi connectivity index (χ0n) is 7.44. The summed E-state index contributed by atoms with van der Waals surface area (Å²) in [6.07, 6.45) is 0.555. The van der Waals surface area contributed by atoms with Crippen LogP contribution in [0.4, 0.5) is 4.39 Å². The molecule has 0 amide bonds. The molecule has 72 valence electrons. The molecule has 0 fully saturated rings. The van der Waals surface area contributed by atoms with E-state index in [4.69, 9.17) is 5.73 Å². The summed E-state index contributed by atoms with van der Waals surface area (Å²) in [7, 11) is 0. The summed E-state index contributed by atoms with van der Waals surface area (Å²) in [6, 6.07) is 4.22. The maximum absolute atomic E-state index is 12.8. The van der Waals surface area contributed by atoms with E-state index in [2.05, 4.69) is 15.2 Å². The highest BCUT2D eigenvalue weighted by Crippen LogP contribution is 2.09. The molecular formula is C9H9FN4. The van der Waals surface area contributed by atoms with Crippen molar-refractivity contribution in [3.05, 3.63) is 29.8 Å². The van der Waals surface area contributed by atoms with Crippen LogP contribution in [0, 0.1) is 5.82 Å².